The smallest absolute Gasteiger partial charge is 0.407 e. The van der Waals surface area contributed by atoms with Gasteiger partial charge in [-0.05, 0) is 19.8 Å². The number of halogens is 4. The Morgan fingerprint density at radius 1 is 1.43 bits per heavy atom. The van der Waals surface area contributed by atoms with Gasteiger partial charge in [-0.15, -0.1) is 0 Å². The summed E-state index contributed by atoms with van der Waals surface area (Å²) in [6, 6.07) is 0. The van der Waals surface area contributed by atoms with E-state index in [0.29, 0.717) is 0 Å². The fraction of sp³-hybridized carbons (Fsp3) is 0.583. The number of rotatable bonds is 6. The molecule has 2 rings (SSSR count). The quantitative estimate of drug-likeness (QED) is 0.602. The molecule has 0 atom stereocenters. The fourth-order valence-electron chi connectivity index (χ4n) is 2.07. The molecule has 0 bridgehead atoms. The van der Waals surface area contributed by atoms with Crippen LogP contribution >= 0.6 is 0 Å². The first-order chi connectivity index (χ1) is 10.6. The van der Waals surface area contributed by atoms with Gasteiger partial charge in [0.1, 0.15) is 22.8 Å². The van der Waals surface area contributed by atoms with Crippen molar-refractivity contribution in [3.05, 3.63) is 17.5 Å². The molecule has 6 nitrogen and oxygen atoms in total. The summed E-state index contributed by atoms with van der Waals surface area (Å²) >= 11 is 0. The molecular formula is C12H14F4N2O4S. The van der Waals surface area contributed by atoms with Gasteiger partial charge >= 0.3 is 12.1 Å². The van der Waals surface area contributed by atoms with E-state index >= 15 is 0 Å². The summed E-state index contributed by atoms with van der Waals surface area (Å²) < 4.78 is 82.3. The van der Waals surface area contributed by atoms with Gasteiger partial charge in [0.25, 0.3) is 0 Å². The van der Waals surface area contributed by atoms with Gasteiger partial charge in [-0.2, -0.15) is 17.9 Å². The maximum absolute atomic E-state index is 13.2. The molecule has 0 aliphatic heterocycles. The minimum absolute atomic E-state index is 0.0267. The summed E-state index contributed by atoms with van der Waals surface area (Å²) in [6.07, 6.45) is -4.77. The number of alkyl halides is 4. The van der Waals surface area contributed by atoms with Crippen LogP contribution in [0.5, 0.6) is 0 Å². The molecular weight excluding hydrogens is 344 g/mol. The third kappa shape index (κ3) is 3.20. The first-order valence-corrected chi connectivity index (χ1v) is 8.10. The second-order valence-electron chi connectivity index (χ2n) is 5.05. The maximum Gasteiger partial charge on any atom is 0.407 e. The zero-order valence-electron chi connectivity index (χ0n) is 12.0. The number of nitrogens with one attached hydrogen (secondary N) is 2. The van der Waals surface area contributed by atoms with Crippen molar-refractivity contribution < 1.29 is 35.5 Å². The lowest BCUT2D eigenvalue weighted by atomic mass is 10.2. The lowest BCUT2D eigenvalue weighted by molar-refractivity contribution is -0.160. The van der Waals surface area contributed by atoms with Crippen LogP contribution in [0.2, 0.25) is 0 Å². The second-order valence-corrected chi connectivity index (χ2v) is 6.70. The molecule has 1 aromatic rings. The number of carbonyl (C=O) groups is 1. The highest BCUT2D eigenvalue weighted by molar-refractivity contribution is 7.89. The molecule has 130 valence electrons. The van der Waals surface area contributed by atoms with Crippen molar-refractivity contribution in [2.75, 3.05) is 6.61 Å². The summed E-state index contributed by atoms with van der Waals surface area (Å²) in [7, 11) is -4.66. The van der Waals surface area contributed by atoms with Crippen molar-refractivity contribution in [3.63, 3.8) is 0 Å². The summed E-state index contributed by atoms with van der Waals surface area (Å²) in [5.41, 5.74) is -3.53. The summed E-state index contributed by atoms with van der Waals surface area (Å²) in [6.45, 7) is 0.114. The van der Waals surface area contributed by atoms with Crippen LogP contribution in [-0.4, -0.2) is 37.7 Å². The monoisotopic (exact) mass is 358 g/mol. The van der Waals surface area contributed by atoms with E-state index in [1.807, 2.05) is 0 Å². The molecule has 1 aliphatic carbocycles. The normalized spacial score (nSPS) is 17.1. The Kier molecular flexibility index (Phi) is 4.46. The van der Waals surface area contributed by atoms with Gasteiger partial charge in [-0.3, -0.25) is 0 Å². The van der Waals surface area contributed by atoms with E-state index in [9.17, 15) is 30.8 Å². The van der Waals surface area contributed by atoms with Gasteiger partial charge in [0.05, 0.1) is 6.61 Å². The van der Waals surface area contributed by atoms with Crippen LogP contribution in [0.3, 0.4) is 0 Å². The van der Waals surface area contributed by atoms with E-state index in [-0.39, 0.29) is 6.61 Å². The zero-order valence-corrected chi connectivity index (χ0v) is 12.8. The topological polar surface area (TPSA) is 88.3 Å². The molecule has 0 spiro atoms. The number of H-pyrrole nitrogens is 1. The van der Waals surface area contributed by atoms with E-state index < -0.39 is 63.4 Å². The minimum atomic E-state index is -4.75. The number of sulfonamides is 1. The van der Waals surface area contributed by atoms with Crippen LogP contribution in [0, 0.1) is 0 Å². The van der Waals surface area contributed by atoms with Crippen LogP contribution in [0.15, 0.2) is 11.1 Å². The molecule has 0 saturated heterocycles. The summed E-state index contributed by atoms with van der Waals surface area (Å²) in [4.78, 5) is 13.1. The van der Waals surface area contributed by atoms with Gasteiger partial charge in [0.2, 0.25) is 10.0 Å². The number of esters is 1. The Morgan fingerprint density at radius 2 is 2.04 bits per heavy atom. The molecule has 23 heavy (non-hydrogen) atoms. The highest BCUT2D eigenvalue weighted by atomic mass is 32.2. The van der Waals surface area contributed by atoms with Crippen molar-refractivity contribution in [1.29, 1.82) is 0 Å². The summed E-state index contributed by atoms with van der Waals surface area (Å²) in [5.74, 6) is -0.987. The zero-order chi connectivity index (χ0) is 17.5. The minimum Gasteiger partial charge on any atom is -0.461 e. The molecule has 1 aromatic heterocycles. The molecule has 1 heterocycles. The second kappa shape index (κ2) is 5.78. The number of aromatic nitrogens is 1. The van der Waals surface area contributed by atoms with Gasteiger partial charge < -0.3 is 9.72 Å². The molecule has 2 N–H and O–H groups in total. The first-order valence-electron chi connectivity index (χ1n) is 6.62. The van der Waals surface area contributed by atoms with Crippen molar-refractivity contribution in [2.45, 2.75) is 43.1 Å². The van der Waals surface area contributed by atoms with E-state index in [1.165, 1.54) is 6.92 Å². The van der Waals surface area contributed by atoms with Crippen molar-refractivity contribution in [2.24, 2.45) is 0 Å². The highest BCUT2D eigenvalue weighted by Crippen LogP contribution is 2.49. The number of hydrogen-bond donors (Lipinski definition) is 2. The third-order valence-corrected chi connectivity index (χ3v) is 5.07. The van der Waals surface area contributed by atoms with Gasteiger partial charge in [0.15, 0.2) is 0 Å². The Bertz CT molecular complexity index is 707. The number of hydrogen-bond acceptors (Lipinski definition) is 4. The Labute approximate surface area is 129 Å². The van der Waals surface area contributed by atoms with Gasteiger partial charge in [-0.1, -0.05) is 0 Å². The van der Waals surface area contributed by atoms with E-state index in [4.69, 9.17) is 0 Å². The van der Waals surface area contributed by atoms with E-state index in [1.54, 1.807) is 4.72 Å². The Morgan fingerprint density at radius 3 is 2.48 bits per heavy atom. The van der Waals surface area contributed by atoms with E-state index in [2.05, 4.69) is 9.72 Å². The number of carbonyl (C=O) groups excluding carboxylic acids is 1. The molecule has 1 aliphatic rings. The first kappa shape index (κ1) is 17.7. The average Bonchev–Trinajstić information content (AvgIpc) is 3.07. The molecule has 0 aromatic carbocycles. The van der Waals surface area contributed by atoms with Crippen LogP contribution in [0.4, 0.5) is 17.6 Å². The van der Waals surface area contributed by atoms with Crippen LogP contribution < -0.4 is 4.72 Å². The Balaban J connectivity index is 2.36. The highest BCUT2D eigenvalue weighted by Gasteiger charge is 2.65. The van der Waals surface area contributed by atoms with Crippen molar-refractivity contribution >= 4 is 16.0 Å². The molecule has 1 fully saturated rings. The predicted molar refractivity (Wildman–Crippen MR) is 69.9 cm³/mol. The lowest BCUT2D eigenvalue weighted by Gasteiger charge is -2.20. The van der Waals surface area contributed by atoms with Gasteiger partial charge in [0, 0.05) is 11.8 Å². The molecule has 11 heteroatoms. The largest absolute Gasteiger partial charge is 0.461 e. The SMILES string of the molecule is CCOC(=O)c1[nH]cc(S(=O)(=O)NC2(C(F)(F)F)CC2)c1CF. The van der Waals surface area contributed by atoms with Crippen molar-refractivity contribution in [1.82, 2.24) is 9.71 Å². The molecule has 0 amide bonds. The standard InChI is InChI=1S/C12H14F4N2O4S/c1-2-22-10(19)9-7(5-13)8(6-17-9)23(20,21)18-11(3-4-11)12(14,15)16/h6,17-18H,2-5H2,1H3. The van der Waals surface area contributed by atoms with Crippen LogP contribution in [-0.2, 0) is 21.4 Å². The predicted octanol–water partition coefficient (Wildman–Crippen LogP) is 2.03. The number of aromatic amines is 1. The van der Waals surface area contributed by atoms with Gasteiger partial charge in [-0.25, -0.2) is 17.6 Å². The number of ether oxygens (including phenoxy) is 1. The molecule has 1 saturated carbocycles. The fourth-order valence-corrected chi connectivity index (χ4v) is 3.71. The lowest BCUT2D eigenvalue weighted by Crippen LogP contribution is -2.47. The molecule has 0 radical (unpaired) electrons. The van der Waals surface area contributed by atoms with Crippen molar-refractivity contribution in [3.8, 4) is 0 Å². The Hall–Kier alpha value is -1.62. The summed E-state index contributed by atoms with van der Waals surface area (Å²) in [5, 5.41) is 0. The average molecular weight is 358 g/mol. The van der Waals surface area contributed by atoms with E-state index in [0.717, 1.165) is 6.20 Å². The van der Waals surface area contributed by atoms with Crippen LogP contribution in [0.25, 0.3) is 0 Å². The maximum atomic E-state index is 13.2. The molecule has 0 unspecified atom stereocenters. The third-order valence-electron chi connectivity index (χ3n) is 3.47. The van der Waals surface area contributed by atoms with Crippen LogP contribution in [0.1, 0.15) is 35.8 Å².